The molecular weight excluding hydrogens is 360 g/mol. The number of hydrogen-bond donors (Lipinski definition) is 1. The topological polar surface area (TPSA) is 77.1 Å². The van der Waals surface area contributed by atoms with E-state index in [1.165, 1.54) is 14.2 Å². The Morgan fingerprint density at radius 3 is 2.11 bits per heavy atom. The van der Waals surface area contributed by atoms with E-state index in [9.17, 15) is 9.59 Å². The summed E-state index contributed by atoms with van der Waals surface area (Å²) in [5.41, 5.74) is 0.419. The van der Waals surface area contributed by atoms with Crippen LogP contribution in [0.4, 0.5) is 4.79 Å². The predicted molar refractivity (Wildman–Crippen MR) is 104 cm³/mol. The third-order valence-electron chi connectivity index (χ3n) is 4.70. The van der Waals surface area contributed by atoms with Crippen molar-refractivity contribution in [2.24, 2.45) is 0 Å². The zero-order valence-electron chi connectivity index (χ0n) is 16.0. The molecule has 2 aromatic carbocycles. The van der Waals surface area contributed by atoms with Crippen LogP contribution in [0, 0.1) is 0 Å². The lowest BCUT2D eigenvalue weighted by atomic mass is 10.0. The molecule has 28 heavy (non-hydrogen) atoms. The standard InChI is InChI=1S/C21H24N2O5/c1-26-17-9-6-10-18(27-2)19(17)20(24)23-13-11-15(12-14-23)22-21(25)28-16-7-4-3-5-8-16/h3-10,15H,11-14H2,1-2H3,(H,22,25). The molecule has 0 spiro atoms. The number of para-hydroxylation sites is 1. The lowest BCUT2D eigenvalue weighted by Gasteiger charge is -2.32. The summed E-state index contributed by atoms with van der Waals surface area (Å²) in [6, 6.07) is 14.1. The van der Waals surface area contributed by atoms with Crippen molar-refractivity contribution in [2.45, 2.75) is 18.9 Å². The first-order valence-electron chi connectivity index (χ1n) is 9.16. The van der Waals surface area contributed by atoms with E-state index in [0.717, 1.165) is 0 Å². The predicted octanol–water partition coefficient (Wildman–Crippen LogP) is 3.10. The first-order chi connectivity index (χ1) is 13.6. The van der Waals surface area contributed by atoms with Gasteiger partial charge in [0.2, 0.25) is 0 Å². The SMILES string of the molecule is COc1cccc(OC)c1C(=O)N1CCC(NC(=O)Oc2ccccc2)CC1. The largest absolute Gasteiger partial charge is 0.496 e. The van der Waals surface area contributed by atoms with Gasteiger partial charge in [-0.15, -0.1) is 0 Å². The van der Waals surface area contributed by atoms with Crippen LogP contribution in [0.15, 0.2) is 48.5 Å². The summed E-state index contributed by atoms with van der Waals surface area (Å²) in [7, 11) is 3.06. The van der Waals surface area contributed by atoms with Crippen molar-refractivity contribution in [2.75, 3.05) is 27.3 Å². The molecule has 0 radical (unpaired) electrons. The second kappa shape index (κ2) is 9.12. The van der Waals surface area contributed by atoms with Crippen molar-refractivity contribution in [1.29, 1.82) is 0 Å². The maximum Gasteiger partial charge on any atom is 0.412 e. The van der Waals surface area contributed by atoms with E-state index < -0.39 is 6.09 Å². The molecule has 148 valence electrons. The van der Waals surface area contributed by atoms with Gasteiger partial charge < -0.3 is 24.4 Å². The average molecular weight is 384 g/mol. The van der Waals surface area contributed by atoms with Gasteiger partial charge in [-0.2, -0.15) is 0 Å². The van der Waals surface area contributed by atoms with Crippen LogP contribution >= 0.6 is 0 Å². The highest BCUT2D eigenvalue weighted by atomic mass is 16.6. The number of likely N-dealkylation sites (tertiary alicyclic amines) is 1. The number of carbonyl (C=O) groups is 2. The summed E-state index contributed by atoms with van der Waals surface area (Å²) in [5, 5.41) is 2.86. The molecule has 3 rings (SSSR count). The molecule has 0 bridgehead atoms. The minimum absolute atomic E-state index is 0.0418. The van der Waals surface area contributed by atoms with Crippen LogP contribution in [0.5, 0.6) is 17.2 Å². The Morgan fingerprint density at radius 2 is 1.54 bits per heavy atom. The number of ether oxygens (including phenoxy) is 3. The second-order valence-corrected chi connectivity index (χ2v) is 6.45. The molecule has 0 aliphatic carbocycles. The van der Waals surface area contributed by atoms with Crippen molar-refractivity contribution in [1.82, 2.24) is 10.2 Å². The summed E-state index contributed by atoms with van der Waals surface area (Å²) < 4.78 is 15.9. The van der Waals surface area contributed by atoms with Gasteiger partial charge in [0.15, 0.2) is 0 Å². The number of amides is 2. The second-order valence-electron chi connectivity index (χ2n) is 6.45. The molecule has 1 N–H and O–H groups in total. The van der Waals surface area contributed by atoms with Crippen LogP contribution in [0.3, 0.4) is 0 Å². The first-order valence-corrected chi connectivity index (χ1v) is 9.16. The molecule has 1 saturated heterocycles. The zero-order valence-corrected chi connectivity index (χ0v) is 16.0. The summed E-state index contributed by atoms with van der Waals surface area (Å²) in [5.74, 6) is 1.32. The van der Waals surface area contributed by atoms with Gasteiger partial charge in [0.05, 0.1) is 14.2 Å². The minimum atomic E-state index is -0.484. The van der Waals surface area contributed by atoms with Crippen LogP contribution in [-0.2, 0) is 0 Å². The van der Waals surface area contributed by atoms with Gasteiger partial charge in [0.1, 0.15) is 22.8 Å². The smallest absolute Gasteiger partial charge is 0.412 e. The maximum atomic E-state index is 13.0. The van der Waals surface area contributed by atoms with Gasteiger partial charge >= 0.3 is 6.09 Å². The highest BCUT2D eigenvalue weighted by Gasteiger charge is 2.28. The average Bonchev–Trinajstić information content (AvgIpc) is 2.73. The Bertz CT molecular complexity index is 795. The number of rotatable bonds is 5. The van der Waals surface area contributed by atoms with E-state index in [1.54, 1.807) is 47.4 Å². The van der Waals surface area contributed by atoms with Crippen molar-refractivity contribution >= 4 is 12.0 Å². The van der Waals surface area contributed by atoms with Gasteiger partial charge in [-0.25, -0.2) is 4.79 Å². The van der Waals surface area contributed by atoms with Crippen molar-refractivity contribution in [3.63, 3.8) is 0 Å². The van der Waals surface area contributed by atoms with E-state index in [1.807, 2.05) is 6.07 Å². The number of hydrogen-bond acceptors (Lipinski definition) is 5. The normalized spacial score (nSPS) is 14.3. The maximum absolute atomic E-state index is 13.0. The lowest BCUT2D eigenvalue weighted by molar-refractivity contribution is 0.0699. The third-order valence-corrected chi connectivity index (χ3v) is 4.70. The Balaban J connectivity index is 1.57. The fraction of sp³-hybridized carbons (Fsp3) is 0.333. The molecule has 1 fully saturated rings. The summed E-state index contributed by atoms with van der Waals surface area (Å²) >= 11 is 0. The molecule has 1 aliphatic heterocycles. The molecule has 2 aromatic rings. The molecule has 7 heteroatoms. The van der Waals surface area contributed by atoms with Crippen molar-refractivity contribution in [3.8, 4) is 17.2 Å². The molecule has 1 heterocycles. The van der Waals surface area contributed by atoms with Gasteiger partial charge in [-0.05, 0) is 37.1 Å². The van der Waals surface area contributed by atoms with Crippen LogP contribution in [0.2, 0.25) is 0 Å². The van der Waals surface area contributed by atoms with E-state index in [4.69, 9.17) is 14.2 Å². The Kier molecular flexibility index (Phi) is 6.37. The number of nitrogens with zero attached hydrogens (tertiary/aromatic N) is 1. The van der Waals surface area contributed by atoms with Crippen molar-refractivity contribution in [3.05, 3.63) is 54.1 Å². The van der Waals surface area contributed by atoms with Gasteiger partial charge in [0.25, 0.3) is 5.91 Å². The number of carbonyl (C=O) groups excluding carboxylic acids is 2. The molecule has 1 aliphatic rings. The van der Waals surface area contributed by atoms with Crippen LogP contribution in [-0.4, -0.2) is 50.3 Å². The molecule has 2 amide bonds. The number of piperidine rings is 1. The number of methoxy groups -OCH3 is 2. The van der Waals surface area contributed by atoms with Crippen molar-refractivity contribution < 1.29 is 23.8 Å². The lowest BCUT2D eigenvalue weighted by Crippen LogP contribution is -2.47. The van der Waals surface area contributed by atoms with Gasteiger partial charge in [-0.1, -0.05) is 24.3 Å². The fourth-order valence-corrected chi connectivity index (χ4v) is 3.24. The minimum Gasteiger partial charge on any atom is -0.496 e. The zero-order chi connectivity index (χ0) is 19.9. The fourth-order valence-electron chi connectivity index (χ4n) is 3.24. The van der Waals surface area contributed by atoms with Gasteiger partial charge in [-0.3, -0.25) is 4.79 Å². The first kappa shape index (κ1) is 19.5. The quantitative estimate of drug-likeness (QED) is 0.857. The monoisotopic (exact) mass is 384 g/mol. The Morgan fingerprint density at radius 1 is 0.929 bits per heavy atom. The Hall–Kier alpha value is -3.22. The summed E-state index contributed by atoms with van der Waals surface area (Å²) in [4.78, 5) is 26.8. The molecule has 0 unspecified atom stereocenters. The summed E-state index contributed by atoms with van der Waals surface area (Å²) in [6.07, 6.45) is 0.808. The molecule has 0 saturated carbocycles. The van der Waals surface area contributed by atoms with E-state index in [-0.39, 0.29) is 11.9 Å². The van der Waals surface area contributed by atoms with Gasteiger partial charge in [0, 0.05) is 19.1 Å². The highest BCUT2D eigenvalue weighted by Crippen LogP contribution is 2.30. The van der Waals surface area contributed by atoms with Crippen LogP contribution < -0.4 is 19.5 Å². The Labute approximate surface area is 164 Å². The van der Waals surface area contributed by atoms with E-state index in [0.29, 0.717) is 48.7 Å². The molecule has 0 atom stereocenters. The van der Waals surface area contributed by atoms with Crippen LogP contribution in [0.25, 0.3) is 0 Å². The number of benzene rings is 2. The highest BCUT2D eigenvalue weighted by molar-refractivity contribution is 5.99. The van der Waals surface area contributed by atoms with E-state index >= 15 is 0 Å². The molecule has 0 aromatic heterocycles. The number of nitrogens with one attached hydrogen (secondary N) is 1. The molecule has 7 nitrogen and oxygen atoms in total. The van der Waals surface area contributed by atoms with E-state index in [2.05, 4.69) is 5.32 Å². The molecular formula is C21H24N2O5. The summed E-state index contributed by atoms with van der Waals surface area (Å²) in [6.45, 7) is 1.05. The third kappa shape index (κ3) is 4.54. The van der Waals surface area contributed by atoms with Crippen LogP contribution in [0.1, 0.15) is 23.2 Å².